The zero-order chi connectivity index (χ0) is 26.5. The molecule has 2 aromatic carbocycles. The number of rotatable bonds is 9. The summed E-state index contributed by atoms with van der Waals surface area (Å²) in [6, 6.07) is 10.8. The zero-order valence-corrected chi connectivity index (χ0v) is 23.0. The van der Waals surface area contributed by atoms with Crippen molar-refractivity contribution in [2.45, 2.75) is 39.3 Å². The predicted octanol–water partition coefficient (Wildman–Crippen LogP) is 4.27. The summed E-state index contributed by atoms with van der Waals surface area (Å²) in [5, 5.41) is 4.59. The molecule has 0 aliphatic carbocycles. The van der Waals surface area contributed by atoms with E-state index in [4.69, 9.17) is 28.9 Å². The van der Waals surface area contributed by atoms with Crippen LogP contribution in [0, 0.1) is 6.92 Å². The summed E-state index contributed by atoms with van der Waals surface area (Å²) in [5.41, 5.74) is 3.31. The van der Waals surface area contributed by atoms with E-state index in [1.807, 2.05) is 19.1 Å². The smallest absolute Gasteiger partial charge is 0.225 e. The molecule has 2 aliphatic heterocycles. The van der Waals surface area contributed by atoms with E-state index in [-0.39, 0.29) is 0 Å². The maximum atomic E-state index is 5.79. The van der Waals surface area contributed by atoms with Crippen molar-refractivity contribution in [2.24, 2.45) is 0 Å². The molecule has 0 unspecified atom stereocenters. The highest BCUT2D eigenvalue weighted by atomic mass is 16.5. The monoisotopic (exact) mass is 521 g/mol. The molecule has 5 rings (SSSR count). The van der Waals surface area contributed by atoms with Crippen LogP contribution in [0.25, 0.3) is 10.9 Å². The Morgan fingerprint density at radius 2 is 1.68 bits per heavy atom. The number of aromatic nitrogens is 2. The number of aryl methyl sites for hydroxylation is 1. The van der Waals surface area contributed by atoms with Crippen molar-refractivity contribution >= 4 is 22.7 Å². The normalized spacial score (nSPS) is 17.0. The van der Waals surface area contributed by atoms with Gasteiger partial charge in [-0.2, -0.15) is 4.98 Å². The van der Waals surface area contributed by atoms with Crippen LogP contribution in [0.15, 0.2) is 30.3 Å². The minimum Gasteiger partial charge on any atom is -0.494 e. The van der Waals surface area contributed by atoms with E-state index in [1.54, 1.807) is 14.2 Å². The molecule has 2 fully saturated rings. The van der Waals surface area contributed by atoms with Gasteiger partial charge < -0.3 is 29.2 Å². The first kappa shape index (κ1) is 26.3. The molecule has 0 bridgehead atoms. The van der Waals surface area contributed by atoms with Crippen molar-refractivity contribution in [1.82, 2.24) is 14.9 Å². The van der Waals surface area contributed by atoms with Crippen LogP contribution >= 0.6 is 0 Å². The quantitative estimate of drug-likeness (QED) is 0.444. The number of hydrogen-bond acceptors (Lipinski definition) is 9. The summed E-state index contributed by atoms with van der Waals surface area (Å²) < 4.78 is 22.5. The number of benzene rings is 2. The van der Waals surface area contributed by atoms with Crippen LogP contribution in [-0.2, 0) is 11.3 Å². The Morgan fingerprint density at radius 3 is 2.39 bits per heavy atom. The second kappa shape index (κ2) is 12.0. The van der Waals surface area contributed by atoms with Gasteiger partial charge >= 0.3 is 0 Å². The third-order valence-corrected chi connectivity index (χ3v) is 7.37. The van der Waals surface area contributed by atoms with Gasteiger partial charge in [0.05, 0.1) is 39.6 Å². The standard InChI is InChI=1S/C29H39N5O4/c1-5-38-25-16-21(7-6-20(25)2)19-33-10-8-22(9-11-33)30-29-31-24-18-27(36-4)26(35-3)17-23(24)28(32-29)34-12-14-37-15-13-34/h6-7,16-18,22H,5,8-15,19H2,1-4H3,(H,30,31,32). The fraction of sp³-hybridized carbons (Fsp3) is 0.517. The van der Waals surface area contributed by atoms with E-state index in [1.165, 1.54) is 11.1 Å². The molecule has 0 amide bonds. The van der Waals surface area contributed by atoms with Crippen molar-refractivity contribution < 1.29 is 18.9 Å². The average Bonchev–Trinajstić information content (AvgIpc) is 2.95. The Labute approximate surface area is 225 Å². The van der Waals surface area contributed by atoms with Crippen LogP contribution in [0.3, 0.4) is 0 Å². The molecule has 204 valence electrons. The molecule has 0 saturated carbocycles. The van der Waals surface area contributed by atoms with Crippen molar-refractivity contribution in [1.29, 1.82) is 0 Å². The van der Waals surface area contributed by atoms with Crippen LogP contribution in [0.1, 0.15) is 30.9 Å². The Morgan fingerprint density at radius 1 is 0.947 bits per heavy atom. The van der Waals surface area contributed by atoms with E-state index in [2.05, 4.69) is 40.2 Å². The molecule has 0 spiro atoms. The number of methoxy groups -OCH3 is 2. The zero-order valence-electron chi connectivity index (χ0n) is 23.0. The fourth-order valence-electron chi connectivity index (χ4n) is 5.25. The molecule has 0 atom stereocenters. The second-order valence-electron chi connectivity index (χ2n) is 9.92. The molecule has 2 aliphatic rings. The van der Waals surface area contributed by atoms with Crippen LogP contribution in [0.5, 0.6) is 17.2 Å². The van der Waals surface area contributed by atoms with Crippen molar-refractivity contribution in [3.05, 3.63) is 41.5 Å². The number of ether oxygens (including phenoxy) is 4. The number of morpholine rings is 1. The van der Waals surface area contributed by atoms with Gasteiger partial charge in [-0.25, -0.2) is 4.98 Å². The Kier molecular flexibility index (Phi) is 8.34. The molecule has 9 nitrogen and oxygen atoms in total. The molecule has 3 heterocycles. The van der Waals surface area contributed by atoms with E-state index >= 15 is 0 Å². The Balaban J connectivity index is 1.30. The second-order valence-corrected chi connectivity index (χ2v) is 9.92. The molecule has 1 N–H and O–H groups in total. The highest BCUT2D eigenvalue weighted by Gasteiger charge is 2.23. The van der Waals surface area contributed by atoms with Gasteiger partial charge in [-0.05, 0) is 49.9 Å². The van der Waals surface area contributed by atoms with Crippen LogP contribution in [0.4, 0.5) is 11.8 Å². The first-order chi connectivity index (χ1) is 18.6. The first-order valence-electron chi connectivity index (χ1n) is 13.6. The van der Waals surface area contributed by atoms with Crippen molar-refractivity contribution in [3.63, 3.8) is 0 Å². The van der Waals surface area contributed by atoms with E-state index in [9.17, 15) is 0 Å². The number of likely N-dealkylation sites (tertiary alicyclic amines) is 1. The summed E-state index contributed by atoms with van der Waals surface area (Å²) in [6.07, 6.45) is 2.06. The highest BCUT2D eigenvalue weighted by molar-refractivity contribution is 5.93. The topological polar surface area (TPSA) is 81.2 Å². The maximum absolute atomic E-state index is 5.79. The van der Waals surface area contributed by atoms with Crippen LogP contribution in [-0.4, -0.2) is 81.1 Å². The highest BCUT2D eigenvalue weighted by Crippen LogP contribution is 2.36. The minimum atomic E-state index is 0.318. The largest absolute Gasteiger partial charge is 0.494 e. The number of piperidine rings is 1. The number of anilines is 2. The SMILES string of the molecule is CCOc1cc(CN2CCC(Nc3nc(N4CCOCC4)c4cc(OC)c(OC)cc4n3)CC2)ccc1C. The fourth-order valence-corrected chi connectivity index (χ4v) is 5.25. The summed E-state index contributed by atoms with van der Waals surface area (Å²) in [4.78, 5) is 14.7. The molecule has 0 radical (unpaired) electrons. The van der Waals surface area contributed by atoms with Crippen LogP contribution in [0.2, 0.25) is 0 Å². The summed E-state index contributed by atoms with van der Waals surface area (Å²) in [5.74, 6) is 3.89. The first-order valence-corrected chi connectivity index (χ1v) is 13.6. The van der Waals surface area contributed by atoms with Gasteiger partial charge in [0.15, 0.2) is 11.5 Å². The lowest BCUT2D eigenvalue weighted by Crippen LogP contribution is -2.39. The molecule has 2 saturated heterocycles. The average molecular weight is 522 g/mol. The summed E-state index contributed by atoms with van der Waals surface area (Å²) in [7, 11) is 3.30. The minimum absolute atomic E-state index is 0.318. The van der Waals surface area contributed by atoms with Gasteiger partial charge in [0.25, 0.3) is 0 Å². The van der Waals surface area contributed by atoms with Crippen molar-refractivity contribution in [3.8, 4) is 17.2 Å². The Hall–Kier alpha value is -3.30. The van der Waals surface area contributed by atoms with E-state index in [0.717, 1.165) is 68.0 Å². The lowest BCUT2D eigenvalue weighted by molar-refractivity contribution is 0.122. The van der Waals surface area contributed by atoms with Gasteiger partial charge in [-0.1, -0.05) is 12.1 Å². The molecule has 1 aromatic heterocycles. The van der Waals surface area contributed by atoms with Crippen LogP contribution < -0.4 is 24.4 Å². The van der Waals surface area contributed by atoms with Gasteiger partial charge in [0.1, 0.15) is 11.6 Å². The van der Waals surface area contributed by atoms with Gasteiger partial charge in [0, 0.05) is 50.2 Å². The van der Waals surface area contributed by atoms with Crippen molar-refractivity contribution in [2.75, 3.05) is 70.4 Å². The molecule has 38 heavy (non-hydrogen) atoms. The number of hydrogen-bond donors (Lipinski definition) is 1. The van der Waals surface area contributed by atoms with E-state index < -0.39 is 0 Å². The van der Waals surface area contributed by atoms with E-state index in [0.29, 0.717) is 43.3 Å². The summed E-state index contributed by atoms with van der Waals surface area (Å²) in [6.45, 7) is 10.7. The molecule has 3 aromatic rings. The predicted molar refractivity (Wildman–Crippen MR) is 150 cm³/mol. The van der Waals surface area contributed by atoms with Gasteiger partial charge in [-0.15, -0.1) is 0 Å². The molecule has 9 heteroatoms. The number of nitrogens with zero attached hydrogens (tertiary/aromatic N) is 4. The molecular weight excluding hydrogens is 482 g/mol. The maximum Gasteiger partial charge on any atom is 0.225 e. The summed E-state index contributed by atoms with van der Waals surface area (Å²) >= 11 is 0. The lowest BCUT2D eigenvalue weighted by Gasteiger charge is -2.33. The number of nitrogens with one attached hydrogen (secondary N) is 1. The Bertz CT molecular complexity index is 1240. The molecular formula is C29H39N5O4. The van der Waals surface area contributed by atoms with Gasteiger partial charge in [-0.3, -0.25) is 4.90 Å². The van der Waals surface area contributed by atoms with Gasteiger partial charge in [0.2, 0.25) is 5.95 Å². The third kappa shape index (κ3) is 5.89. The lowest BCUT2D eigenvalue weighted by atomic mass is 10.0. The third-order valence-electron chi connectivity index (χ3n) is 7.37. The number of fused-ring (bicyclic) bond motifs is 1.